The first-order valence-electron chi connectivity index (χ1n) is 3.05. The van der Waals surface area contributed by atoms with Crippen LogP contribution in [0.1, 0.15) is 0 Å². The Hall–Kier alpha value is 0.650. The van der Waals surface area contributed by atoms with Crippen molar-refractivity contribution >= 4 is 23.6 Å². The molecule has 0 saturated heterocycles. The van der Waals surface area contributed by atoms with Gasteiger partial charge in [-0.3, -0.25) is 4.52 Å². The van der Waals surface area contributed by atoms with Crippen molar-refractivity contribution in [3.63, 3.8) is 0 Å². The molecule has 0 unspecified atom stereocenters. The summed E-state index contributed by atoms with van der Waals surface area (Å²) in [5.41, 5.74) is 0. The van der Waals surface area contributed by atoms with Gasteiger partial charge in [0.2, 0.25) is 0 Å². The Balaban J connectivity index is 0. The highest BCUT2D eigenvalue weighted by atomic mass is 31.2. The summed E-state index contributed by atoms with van der Waals surface area (Å²) in [5, 5.41) is 0. The molecule has 0 aliphatic heterocycles. The summed E-state index contributed by atoms with van der Waals surface area (Å²) in [4.78, 5) is 37.9. The highest BCUT2D eigenvalue weighted by Crippen LogP contribution is 2.40. The number of hydrogen-bond donors (Lipinski definition) is 5. The molecule has 0 atom stereocenters. The highest BCUT2D eigenvalue weighted by molar-refractivity contribution is 7.56. The molecule has 11 heteroatoms. The van der Waals surface area contributed by atoms with Crippen molar-refractivity contribution < 1.29 is 38.1 Å². The fourth-order valence-corrected chi connectivity index (χ4v) is 1.72. The maximum Gasteiger partial charge on any atom is 0.469 e. The van der Waals surface area contributed by atoms with Crippen molar-refractivity contribution in [2.24, 2.45) is 0 Å². The first-order valence-corrected chi connectivity index (χ1v) is 8.56. The van der Waals surface area contributed by atoms with E-state index < -0.39 is 15.6 Å². The number of phosphoric acid groups is 2. The van der Waals surface area contributed by atoms with Crippen LogP contribution in [-0.2, 0) is 13.7 Å². The SMILES string of the molecule is CP(C)COP(=O)(O)O.O=P(O)(O)O. The first kappa shape index (κ1) is 17.1. The zero-order valence-electron chi connectivity index (χ0n) is 7.51. The summed E-state index contributed by atoms with van der Waals surface area (Å²) in [6.07, 6.45) is 0.166. The van der Waals surface area contributed by atoms with Gasteiger partial charge in [-0.05, 0) is 13.3 Å². The molecule has 0 fully saturated rings. The molecule has 0 aromatic carbocycles. The summed E-state index contributed by atoms with van der Waals surface area (Å²) in [6, 6.07) is 0. The van der Waals surface area contributed by atoms with Crippen LogP contribution < -0.4 is 0 Å². The monoisotopic (exact) mass is 270 g/mol. The topological polar surface area (TPSA) is 145 Å². The second-order valence-electron chi connectivity index (χ2n) is 2.34. The van der Waals surface area contributed by atoms with Gasteiger partial charge >= 0.3 is 15.6 Å². The molecule has 88 valence electrons. The molecule has 0 heterocycles. The molecule has 0 radical (unpaired) electrons. The van der Waals surface area contributed by atoms with Crippen molar-refractivity contribution in [3.8, 4) is 0 Å². The van der Waals surface area contributed by atoms with E-state index >= 15 is 0 Å². The molecule has 0 bridgehead atoms. The van der Waals surface area contributed by atoms with Gasteiger partial charge in [0.05, 0.1) is 6.35 Å². The average molecular weight is 270 g/mol. The molecule has 0 saturated carbocycles. The van der Waals surface area contributed by atoms with Crippen molar-refractivity contribution in [1.82, 2.24) is 0 Å². The molecule has 0 spiro atoms. The van der Waals surface area contributed by atoms with E-state index in [-0.39, 0.29) is 14.3 Å². The lowest BCUT2D eigenvalue weighted by atomic mass is 11.7. The minimum absolute atomic E-state index is 0.166. The summed E-state index contributed by atoms with van der Waals surface area (Å²) >= 11 is 0. The third-order valence-electron chi connectivity index (χ3n) is 0.484. The Morgan fingerprint density at radius 1 is 1.07 bits per heavy atom. The van der Waals surface area contributed by atoms with Crippen molar-refractivity contribution in [2.45, 2.75) is 0 Å². The molecule has 0 aliphatic rings. The molecule has 8 nitrogen and oxygen atoms in total. The Bertz CT molecular complexity index is 218. The Morgan fingerprint density at radius 2 is 1.36 bits per heavy atom. The van der Waals surface area contributed by atoms with Crippen molar-refractivity contribution in [2.75, 3.05) is 19.7 Å². The van der Waals surface area contributed by atoms with E-state index in [2.05, 4.69) is 4.52 Å². The Morgan fingerprint density at radius 3 is 1.43 bits per heavy atom. The maximum absolute atomic E-state index is 10.0. The predicted octanol–water partition coefficient (Wildman–Crippen LogP) is -0.134. The Kier molecular flexibility index (Phi) is 8.54. The third kappa shape index (κ3) is 38.8. The number of rotatable bonds is 3. The highest BCUT2D eigenvalue weighted by Gasteiger charge is 2.13. The smallest absolute Gasteiger partial charge is 0.303 e. The molecule has 0 amide bonds. The number of phosphoric ester groups is 1. The average Bonchev–Trinajstić information content (AvgIpc) is 1.77. The molecule has 14 heavy (non-hydrogen) atoms. The molecule has 0 aromatic heterocycles. The van der Waals surface area contributed by atoms with Gasteiger partial charge in [0, 0.05) is 0 Å². The summed E-state index contributed by atoms with van der Waals surface area (Å²) in [6.45, 7) is 3.76. The van der Waals surface area contributed by atoms with Gasteiger partial charge in [-0.15, -0.1) is 0 Å². The van der Waals surface area contributed by atoms with Gasteiger partial charge in [0.25, 0.3) is 0 Å². The zero-order chi connectivity index (χ0) is 12.0. The summed E-state index contributed by atoms with van der Waals surface area (Å²) < 4.78 is 23.1. The summed E-state index contributed by atoms with van der Waals surface area (Å²) in [7, 11) is -9.22. The van der Waals surface area contributed by atoms with E-state index in [1.165, 1.54) is 0 Å². The largest absolute Gasteiger partial charge is 0.469 e. The molecule has 0 aromatic rings. The minimum atomic E-state index is -4.64. The van der Waals surface area contributed by atoms with Crippen LogP contribution in [0.4, 0.5) is 0 Å². The van der Waals surface area contributed by atoms with Gasteiger partial charge < -0.3 is 24.5 Å². The lowest BCUT2D eigenvalue weighted by molar-refractivity contribution is 0.226. The van der Waals surface area contributed by atoms with Gasteiger partial charge in [0.1, 0.15) is 0 Å². The van der Waals surface area contributed by atoms with Crippen LogP contribution >= 0.6 is 23.6 Å². The van der Waals surface area contributed by atoms with Crippen LogP contribution in [0.2, 0.25) is 0 Å². The molecular formula is C3H13O8P3. The van der Waals surface area contributed by atoms with E-state index in [1.807, 2.05) is 13.3 Å². The molecule has 5 N–H and O–H groups in total. The van der Waals surface area contributed by atoms with Crippen LogP contribution in [-0.4, -0.2) is 44.1 Å². The van der Waals surface area contributed by atoms with Crippen LogP contribution in [0.25, 0.3) is 0 Å². The standard InChI is InChI=1S/C3H10O4P2.H3O4P/c1-8(2)3-7-9(4,5)6;1-5(2,3)4/h3H2,1-2H3,(H2,4,5,6);(H3,1,2,3,4). The predicted molar refractivity (Wildman–Crippen MR) is 51.0 cm³/mol. The minimum Gasteiger partial charge on any atom is -0.303 e. The van der Waals surface area contributed by atoms with Crippen molar-refractivity contribution in [3.05, 3.63) is 0 Å². The molecule has 0 aliphatic carbocycles. The summed E-state index contributed by atoms with van der Waals surface area (Å²) in [5.74, 6) is 0. The molecule has 0 rings (SSSR count). The van der Waals surface area contributed by atoms with Gasteiger partial charge in [0.15, 0.2) is 0 Å². The zero-order valence-corrected chi connectivity index (χ0v) is 10.2. The van der Waals surface area contributed by atoms with E-state index in [0.29, 0.717) is 0 Å². The van der Waals surface area contributed by atoms with Crippen LogP contribution in [0.15, 0.2) is 0 Å². The third-order valence-corrected chi connectivity index (χ3v) is 1.80. The Labute approximate surface area is 82.2 Å². The van der Waals surface area contributed by atoms with Crippen molar-refractivity contribution in [1.29, 1.82) is 0 Å². The lowest BCUT2D eigenvalue weighted by Crippen LogP contribution is -1.88. The van der Waals surface area contributed by atoms with E-state index in [1.54, 1.807) is 0 Å². The van der Waals surface area contributed by atoms with Gasteiger partial charge in [-0.25, -0.2) is 9.13 Å². The number of hydrogen-bond acceptors (Lipinski definition) is 3. The van der Waals surface area contributed by atoms with Gasteiger partial charge in [-0.1, -0.05) is 7.92 Å². The second-order valence-corrected chi connectivity index (χ2v) is 7.03. The fourth-order valence-electron chi connectivity index (χ4n) is 0.191. The van der Waals surface area contributed by atoms with E-state index in [9.17, 15) is 4.57 Å². The first-order chi connectivity index (χ1) is 5.92. The van der Waals surface area contributed by atoms with E-state index in [0.717, 1.165) is 0 Å². The maximum atomic E-state index is 10.0. The van der Waals surface area contributed by atoms with Crippen LogP contribution in [0, 0.1) is 0 Å². The van der Waals surface area contributed by atoms with Crippen LogP contribution in [0.3, 0.4) is 0 Å². The quantitative estimate of drug-likeness (QED) is 0.446. The van der Waals surface area contributed by atoms with Crippen LogP contribution in [0.5, 0.6) is 0 Å². The lowest BCUT2D eigenvalue weighted by Gasteiger charge is -2.06. The van der Waals surface area contributed by atoms with Gasteiger partial charge in [-0.2, -0.15) is 0 Å². The fraction of sp³-hybridized carbons (Fsp3) is 1.00. The second kappa shape index (κ2) is 7.01. The van der Waals surface area contributed by atoms with E-state index in [4.69, 9.17) is 29.0 Å². The molecular weight excluding hydrogens is 257 g/mol. The normalized spacial score (nSPS) is 12.3.